The topological polar surface area (TPSA) is 61.2 Å². The number of esters is 1. The number of benzene rings is 1. The zero-order chi connectivity index (χ0) is 24.4. The molecule has 0 saturated heterocycles. The van der Waals surface area contributed by atoms with E-state index in [2.05, 4.69) is 18.0 Å². The van der Waals surface area contributed by atoms with E-state index in [9.17, 15) is 9.59 Å². The fourth-order valence-corrected chi connectivity index (χ4v) is 8.63. The second kappa shape index (κ2) is 8.33. The largest absolute Gasteiger partial charge is 0.465 e. The number of nitrogens with zero attached hydrogens (tertiary/aromatic N) is 2. The Labute approximate surface area is 211 Å². The summed E-state index contributed by atoms with van der Waals surface area (Å²) in [5.41, 5.74) is 4.82. The first-order chi connectivity index (χ1) is 16.9. The molecule has 6 rings (SSSR count). The van der Waals surface area contributed by atoms with Crippen molar-refractivity contribution in [2.75, 3.05) is 6.61 Å². The van der Waals surface area contributed by atoms with Gasteiger partial charge in [0, 0.05) is 23.6 Å². The third kappa shape index (κ3) is 3.30. The number of para-hydroxylation sites is 2. The van der Waals surface area contributed by atoms with Crippen molar-refractivity contribution in [3.63, 3.8) is 0 Å². The number of aromatic nitrogens is 2. The third-order valence-electron chi connectivity index (χ3n) is 9.86. The van der Waals surface area contributed by atoms with Crippen molar-refractivity contribution in [1.82, 2.24) is 9.55 Å². The van der Waals surface area contributed by atoms with Crippen molar-refractivity contribution >= 4 is 40.6 Å². The Hall–Kier alpha value is -2.40. The first kappa shape index (κ1) is 23.0. The summed E-state index contributed by atoms with van der Waals surface area (Å²) in [6.07, 6.45) is 12.3. The molecular formula is C29H33ClN2O3. The van der Waals surface area contributed by atoms with Gasteiger partial charge in [-0.25, -0.2) is 4.98 Å². The van der Waals surface area contributed by atoms with Crippen molar-refractivity contribution in [2.24, 2.45) is 28.6 Å². The van der Waals surface area contributed by atoms with Crippen molar-refractivity contribution in [2.45, 2.75) is 65.2 Å². The maximum absolute atomic E-state index is 12.6. The lowest BCUT2D eigenvalue weighted by molar-refractivity contribution is -0.147. The summed E-state index contributed by atoms with van der Waals surface area (Å²) in [6.45, 7) is 4.23. The summed E-state index contributed by atoms with van der Waals surface area (Å²) in [4.78, 5) is 29.2. The second-order valence-electron chi connectivity index (χ2n) is 11.3. The summed E-state index contributed by atoms with van der Waals surface area (Å²) >= 11 is 6.76. The highest BCUT2D eigenvalue weighted by molar-refractivity contribution is 6.30. The van der Waals surface area contributed by atoms with Gasteiger partial charge in [-0.2, -0.15) is 0 Å². The summed E-state index contributed by atoms with van der Waals surface area (Å²) < 4.78 is 7.76. The van der Waals surface area contributed by atoms with Crippen LogP contribution in [0.3, 0.4) is 0 Å². The molecule has 184 valence electrons. The van der Waals surface area contributed by atoms with Crippen LogP contribution in [0.15, 0.2) is 41.5 Å². The molecular weight excluding hydrogens is 460 g/mol. The summed E-state index contributed by atoms with van der Waals surface area (Å²) in [5, 5.41) is 0.357. The normalized spacial score (nSPS) is 34.1. The number of ether oxygens (including phenoxy) is 1. The smallest absolute Gasteiger partial charge is 0.302 e. The number of allylic oxidation sites excluding steroid dienone is 3. The van der Waals surface area contributed by atoms with Gasteiger partial charge in [-0.15, -0.1) is 0 Å². The lowest BCUT2D eigenvalue weighted by Crippen LogP contribution is -2.51. The van der Waals surface area contributed by atoms with Gasteiger partial charge in [-0.3, -0.25) is 14.2 Å². The monoisotopic (exact) mass is 492 g/mol. The van der Waals surface area contributed by atoms with Gasteiger partial charge in [-0.1, -0.05) is 37.1 Å². The van der Waals surface area contributed by atoms with E-state index in [-0.39, 0.29) is 23.9 Å². The van der Waals surface area contributed by atoms with Crippen molar-refractivity contribution in [3.8, 4) is 0 Å². The molecule has 2 fully saturated rings. The van der Waals surface area contributed by atoms with Crippen molar-refractivity contribution in [1.29, 1.82) is 0 Å². The van der Waals surface area contributed by atoms with Gasteiger partial charge in [0.05, 0.1) is 11.0 Å². The van der Waals surface area contributed by atoms with Crippen LogP contribution in [-0.2, 0) is 14.3 Å². The Morgan fingerprint density at radius 3 is 2.89 bits per heavy atom. The summed E-state index contributed by atoms with van der Waals surface area (Å²) in [5.74, 6) is 0.989. The number of imidazole rings is 1. The lowest BCUT2D eigenvalue weighted by atomic mass is 9.47. The number of carbonyl (C=O) groups is 2. The van der Waals surface area contributed by atoms with E-state index in [1.165, 1.54) is 32.6 Å². The molecule has 1 heterocycles. The first-order valence-electron chi connectivity index (χ1n) is 13.0. The Balaban J connectivity index is 1.51. The predicted molar refractivity (Wildman–Crippen MR) is 137 cm³/mol. The van der Waals surface area contributed by atoms with Crippen LogP contribution < -0.4 is 0 Å². The molecule has 2 saturated carbocycles. The Bertz CT molecular complexity index is 1280. The van der Waals surface area contributed by atoms with Crippen LogP contribution in [0.1, 0.15) is 65.2 Å². The number of fused-ring (bicyclic) bond motifs is 6. The number of hydrogen-bond acceptors (Lipinski definition) is 4. The molecule has 0 bridgehead atoms. The van der Waals surface area contributed by atoms with Gasteiger partial charge in [0.25, 0.3) is 0 Å². The molecule has 0 aliphatic heterocycles. The quantitative estimate of drug-likeness (QED) is 0.274. The Morgan fingerprint density at radius 2 is 2.09 bits per heavy atom. The van der Waals surface area contributed by atoms with Gasteiger partial charge in [0.15, 0.2) is 0 Å². The molecule has 0 unspecified atom stereocenters. The van der Waals surface area contributed by atoms with E-state index < -0.39 is 5.41 Å². The molecule has 0 amide bonds. The molecule has 0 N–H and O–H groups in total. The van der Waals surface area contributed by atoms with Gasteiger partial charge < -0.3 is 4.74 Å². The number of halogens is 1. The fourth-order valence-electron chi connectivity index (χ4n) is 8.36. The first-order valence-corrected chi connectivity index (χ1v) is 13.4. The Morgan fingerprint density at radius 1 is 1.26 bits per heavy atom. The minimum Gasteiger partial charge on any atom is -0.465 e. The molecule has 4 aliphatic rings. The van der Waals surface area contributed by atoms with Gasteiger partial charge in [0.2, 0.25) is 5.28 Å². The molecule has 0 spiro atoms. The molecule has 35 heavy (non-hydrogen) atoms. The number of rotatable bonds is 4. The molecule has 0 radical (unpaired) electrons. The molecule has 2 aromatic rings. The minimum absolute atomic E-state index is 0.226. The van der Waals surface area contributed by atoms with Crippen molar-refractivity contribution < 1.29 is 14.3 Å². The number of hydrogen-bond donors (Lipinski definition) is 0. The van der Waals surface area contributed by atoms with Crippen LogP contribution in [-0.4, -0.2) is 28.4 Å². The van der Waals surface area contributed by atoms with Crippen LogP contribution in [0.4, 0.5) is 0 Å². The average Bonchev–Trinajstić information content (AvgIpc) is 3.35. The van der Waals surface area contributed by atoms with Gasteiger partial charge in [0.1, 0.15) is 12.9 Å². The van der Waals surface area contributed by atoms with Gasteiger partial charge in [-0.05, 0) is 91.8 Å². The number of aldehydes is 1. The van der Waals surface area contributed by atoms with E-state index in [1.807, 2.05) is 28.8 Å². The number of carbonyl (C=O) groups excluding carboxylic acids is 2. The molecule has 4 aliphatic carbocycles. The van der Waals surface area contributed by atoms with E-state index in [1.54, 1.807) is 5.57 Å². The van der Waals surface area contributed by atoms with E-state index in [0.29, 0.717) is 23.5 Å². The molecule has 5 nitrogen and oxygen atoms in total. The van der Waals surface area contributed by atoms with Crippen LogP contribution in [0.5, 0.6) is 0 Å². The fraction of sp³-hybridized carbons (Fsp3) is 0.552. The van der Waals surface area contributed by atoms with Crippen LogP contribution >= 0.6 is 11.6 Å². The lowest BCUT2D eigenvalue weighted by Gasteiger charge is -2.57. The third-order valence-corrected chi connectivity index (χ3v) is 10.1. The zero-order valence-electron chi connectivity index (χ0n) is 20.6. The minimum atomic E-state index is -0.452. The predicted octanol–water partition coefficient (Wildman–Crippen LogP) is 6.61. The highest BCUT2D eigenvalue weighted by Gasteiger charge is 2.60. The van der Waals surface area contributed by atoms with Crippen LogP contribution in [0.25, 0.3) is 16.7 Å². The highest BCUT2D eigenvalue weighted by atomic mass is 35.5. The SMILES string of the molecule is CC(=O)OC[C@]12CC[C@H]3[C@@H](CC=C4CCCC[C@@]43C)[C@@H]1CC(C=O)=C2n1c(Cl)nc2ccccc21. The standard InChI is InChI=1S/C29H33ClN2O3/c1-18(34)35-17-29-14-12-22-21(11-10-20-7-5-6-13-28(20,22)2)23(29)15-19(16-33)26(29)32-25-9-4-3-8-24(25)31-27(32)30/h3-4,8-10,16,21-23H,5-7,11-15,17H2,1-2H3/t21-,22+,23+,28+,29-/m1/s1. The molecule has 6 heteroatoms. The maximum atomic E-state index is 12.6. The Kier molecular flexibility index (Phi) is 5.48. The molecule has 1 aromatic carbocycles. The van der Waals surface area contributed by atoms with E-state index in [0.717, 1.165) is 47.9 Å². The summed E-state index contributed by atoms with van der Waals surface area (Å²) in [6, 6.07) is 7.86. The zero-order valence-corrected chi connectivity index (χ0v) is 21.3. The van der Waals surface area contributed by atoms with Crippen LogP contribution in [0, 0.1) is 28.6 Å². The average molecular weight is 493 g/mol. The van der Waals surface area contributed by atoms with Gasteiger partial charge >= 0.3 is 5.97 Å². The van der Waals surface area contributed by atoms with E-state index in [4.69, 9.17) is 16.3 Å². The van der Waals surface area contributed by atoms with Crippen molar-refractivity contribution in [3.05, 3.63) is 46.8 Å². The van der Waals surface area contributed by atoms with Crippen LogP contribution in [0.2, 0.25) is 5.28 Å². The maximum Gasteiger partial charge on any atom is 0.302 e. The molecule has 5 atom stereocenters. The summed E-state index contributed by atoms with van der Waals surface area (Å²) in [7, 11) is 0. The highest BCUT2D eigenvalue weighted by Crippen LogP contribution is 2.67. The second-order valence-corrected chi connectivity index (χ2v) is 11.7. The van der Waals surface area contributed by atoms with E-state index >= 15 is 0 Å². The molecule has 1 aromatic heterocycles.